The van der Waals surface area contributed by atoms with Crippen molar-refractivity contribution in [3.63, 3.8) is 0 Å². The van der Waals surface area contributed by atoms with E-state index in [0.29, 0.717) is 26.1 Å². The Hall–Kier alpha value is -1.41. The predicted molar refractivity (Wildman–Crippen MR) is 67.1 cm³/mol. The van der Waals surface area contributed by atoms with Crippen molar-refractivity contribution in [3.05, 3.63) is 23.5 Å². The van der Waals surface area contributed by atoms with Gasteiger partial charge in [-0.3, -0.25) is 0 Å². The van der Waals surface area contributed by atoms with Crippen LogP contribution in [-0.2, 0) is 9.47 Å². The molecular formula is C13H16F4N2O2. The number of methoxy groups -OCH3 is 1. The van der Waals surface area contributed by atoms with Gasteiger partial charge in [0, 0.05) is 20.2 Å². The molecule has 0 N–H and O–H groups in total. The largest absolute Gasteiger partial charge is 0.382 e. The summed E-state index contributed by atoms with van der Waals surface area (Å²) in [5, 5.41) is 0. The lowest BCUT2D eigenvalue weighted by Crippen LogP contribution is -2.38. The fourth-order valence-electron chi connectivity index (χ4n) is 2.30. The molecule has 2 heterocycles. The number of nitrogens with zero attached hydrogens (tertiary/aromatic N) is 2. The molecule has 118 valence electrons. The summed E-state index contributed by atoms with van der Waals surface area (Å²) in [6, 6.07) is 0. The molecule has 1 aliphatic rings. The third-order valence-electron chi connectivity index (χ3n) is 3.37. The molecule has 1 aliphatic heterocycles. The van der Waals surface area contributed by atoms with Gasteiger partial charge >= 0.3 is 0 Å². The van der Waals surface area contributed by atoms with Crippen LogP contribution < -0.4 is 4.90 Å². The first kappa shape index (κ1) is 16.0. The lowest BCUT2D eigenvalue weighted by molar-refractivity contribution is 0.00597. The van der Waals surface area contributed by atoms with Crippen molar-refractivity contribution < 1.29 is 27.0 Å². The Morgan fingerprint density at radius 2 is 1.62 bits per heavy atom. The van der Waals surface area contributed by atoms with Crippen LogP contribution in [0.4, 0.5) is 23.2 Å². The number of pyridine rings is 1. The molecule has 1 fully saturated rings. The molecule has 0 unspecified atom stereocenters. The SMILES string of the molecule is COCCOC1CCN(c2c(F)c(F)nc(F)c2F)CC1. The number of rotatable bonds is 5. The van der Waals surface area contributed by atoms with E-state index >= 15 is 0 Å². The minimum atomic E-state index is -1.64. The second kappa shape index (κ2) is 7.04. The Morgan fingerprint density at radius 3 is 2.14 bits per heavy atom. The molecule has 0 bridgehead atoms. The molecule has 0 aliphatic carbocycles. The van der Waals surface area contributed by atoms with Crippen LogP contribution in [0.1, 0.15) is 12.8 Å². The number of aromatic nitrogens is 1. The van der Waals surface area contributed by atoms with E-state index in [-0.39, 0.29) is 19.2 Å². The zero-order valence-corrected chi connectivity index (χ0v) is 11.5. The maximum Gasteiger partial charge on any atom is 0.253 e. The number of piperidine rings is 1. The van der Waals surface area contributed by atoms with Gasteiger partial charge in [0.05, 0.1) is 19.3 Å². The fraction of sp³-hybridized carbons (Fsp3) is 0.615. The molecular weight excluding hydrogens is 292 g/mol. The summed E-state index contributed by atoms with van der Waals surface area (Å²) in [6.07, 6.45) is 0.960. The topological polar surface area (TPSA) is 34.6 Å². The van der Waals surface area contributed by atoms with Crippen molar-refractivity contribution in [1.82, 2.24) is 4.98 Å². The number of hydrogen-bond donors (Lipinski definition) is 0. The van der Waals surface area contributed by atoms with E-state index in [9.17, 15) is 17.6 Å². The first-order chi connectivity index (χ1) is 10.0. The molecule has 1 saturated heterocycles. The zero-order valence-electron chi connectivity index (χ0n) is 11.5. The van der Waals surface area contributed by atoms with Gasteiger partial charge in [0.15, 0.2) is 0 Å². The maximum absolute atomic E-state index is 13.6. The van der Waals surface area contributed by atoms with E-state index in [2.05, 4.69) is 4.98 Å². The minimum Gasteiger partial charge on any atom is -0.382 e. The van der Waals surface area contributed by atoms with Crippen molar-refractivity contribution in [1.29, 1.82) is 0 Å². The molecule has 8 heteroatoms. The average molecular weight is 308 g/mol. The lowest BCUT2D eigenvalue weighted by Gasteiger charge is -2.33. The van der Waals surface area contributed by atoms with Gasteiger partial charge in [0.25, 0.3) is 11.9 Å². The minimum absolute atomic E-state index is 0.0564. The van der Waals surface area contributed by atoms with Crippen LogP contribution in [0.5, 0.6) is 0 Å². The van der Waals surface area contributed by atoms with E-state index in [1.54, 1.807) is 7.11 Å². The van der Waals surface area contributed by atoms with Gasteiger partial charge in [-0.25, -0.2) is 0 Å². The quantitative estimate of drug-likeness (QED) is 0.475. The number of halogens is 4. The molecule has 0 atom stereocenters. The van der Waals surface area contributed by atoms with Crippen LogP contribution in [0.2, 0.25) is 0 Å². The van der Waals surface area contributed by atoms with E-state index < -0.39 is 29.2 Å². The van der Waals surface area contributed by atoms with E-state index in [4.69, 9.17) is 9.47 Å². The van der Waals surface area contributed by atoms with E-state index in [1.165, 1.54) is 4.90 Å². The summed E-state index contributed by atoms with van der Waals surface area (Å²) >= 11 is 0. The molecule has 0 spiro atoms. The van der Waals surface area contributed by atoms with Crippen LogP contribution in [-0.4, -0.2) is 44.5 Å². The van der Waals surface area contributed by atoms with Gasteiger partial charge in [-0.05, 0) is 12.8 Å². The van der Waals surface area contributed by atoms with Crippen LogP contribution in [0.3, 0.4) is 0 Å². The highest BCUT2D eigenvalue weighted by atomic mass is 19.2. The van der Waals surface area contributed by atoms with Crippen LogP contribution in [0, 0.1) is 23.5 Å². The molecule has 1 aromatic heterocycles. The predicted octanol–water partition coefficient (Wildman–Crippen LogP) is 2.27. The zero-order chi connectivity index (χ0) is 15.4. The summed E-state index contributed by atoms with van der Waals surface area (Å²) in [6.45, 7) is 1.38. The smallest absolute Gasteiger partial charge is 0.253 e. The number of hydrogen-bond acceptors (Lipinski definition) is 4. The van der Waals surface area contributed by atoms with Gasteiger partial charge in [0.2, 0.25) is 11.6 Å². The third-order valence-corrected chi connectivity index (χ3v) is 3.37. The van der Waals surface area contributed by atoms with E-state index in [1.807, 2.05) is 0 Å². The monoisotopic (exact) mass is 308 g/mol. The van der Waals surface area contributed by atoms with Gasteiger partial charge < -0.3 is 14.4 Å². The molecule has 0 radical (unpaired) electrons. The second-order valence-corrected chi connectivity index (χ2v) is 4.72. The summed E-state index contributed by atoms with van der Waals surface area (Å²) in [5.74, 6) is -6.20. The Kier molecular flexibility index (Phi) is 5.35. The van der Waals surface area contributed by atoms with Crippen LogP contribution in [0.25, 0.3) is 0 Å². The van der Waals surface area contributed by atoms with Crippen molar-refractivity contribution >= 4 is 5.69 Å². The number of anilines is 1. The summed E-state index contributed by atoms with van der Waals surface area (Å²) in [5.41, 5.74) is -0.699. The first-order valence-electron chi connectivity index (χ1n) is 6.60. The lowest BCUT2D eigenvalue weighted by atomic mass is 10.1. The van der Waals surface area contributed by atoms with Crippen LogP contribution in [0.15, 0.2) is 0 Å². The Labute approximate surface area is 119 Å². The third kappa shape index (κ3) is 3.62. The van der Waals surface area contributed by atoms with E-state index in [0.717, 1.165) is 0 Å². The van der Waals surface area contributed by atoms with Gasteiger partial charge in [-0.1, -0.05) is 0 Å². The fourth-order valence-corrected chi connectivity index (χ4v) is 2.30. The average Bonchev–Trinajstić information content (AvgIpc) is 2.47. The van der Waals surface area contributed by atoms with Crippen molar-refractivity contribution in [3.8, 4) is 0 Å². The Morgan fingerprint density at radius 1 is 1.05 bits per heavy atom. The first-order valence-corrected chi connectivity index (χ1v) is 6.60. The molecule has 1 aromatic rings. The summed E-state index contributed by atoms with van der Waals surface area (Å²) in [7, 11) is 1.56. The second-order valence-electron chi connectivity index (χ2n) is 4.72. The molecule has 2 rings (SSSR count). The highest BCUT2D eigenvalue weighted by Crippen LogP contribution is 2.29. The van der Waals surface area contributed by atoms with Crippen LogP contribution >= 0.6 is 0 Å². The Bertz CT molecular complexity index is 467. The van der Waals surface area contributed by atoms with Gasteiger partial charge in [-0.15, -0.1) is 0 Å². The summed E-state index contributed by atoms with van der Waals surface area (Å²) < 4.78 is 63.8. The molecule has 0 aromatic carbocycles. The van der Waals surface area contributed by atoms with Gasteiger partial charge in [0.1, 0.15) is 5.69 Å². The van der Waals surface area contributed by atoms with Crippen molar-refractivity contribution in [2.45, 2.75) is 18.9 Å². The highest BCUT2D eigenvalue weighted by Gasteiger charge is 2.28. The Balaban J connectivity index is 2.03. The molecule has 0 saturated carbocycles. The standard InChI is InChI=1S/C13H16F4N2O2/c1-20-6-7-21-8-2-4-19(5-3-8)11-9(14)12(16)18-13(17)10(11)15/h8H,2-7H2,1H3. The maximum atomic E-state index is 13.6. The molecule has 0 amide bonds. The van der Waals surface area contributed by atoms with Crippen molar-refractivity contribution in [2.75, 3.05) is 38.3 Å². The normalized spacial score (nSPS) is 16.5. The molecule has 4 nitrogen and oxygen atoms in total. The molecule has 21 heavy (non-hydrogen) atoms. The number of ether oxygens (including phenoxy) is 2. The van der Waals surface area contributed by atoms with Crippen molar-refractivity contribution in [2.24, 2.45) is 0 Å². The van der Waals surface area contributed by atoms with Gasteiger partial charge in [-0.2, -0.15) is 22.5 Å². The highest BCUT2D eigenvalue weighted by molar-refractivity contribution is 5.48. The summed E-state index contributed by atoms with van der Waals surface area (Å²) in [4.78, 5) is 3.82.